The van der Waals surface area contributed by atoms with Gasteiger partial charge in [-0.25, -0.2) is 0 Å². The molecule has 0 N–H and O–H groups in total. The number of Topliss-reactive ketones (excluding diaryl/α,β-unsaturated/α-hetero) is 1. The molecule has 19 heavy (non-hydrogen) atoms. The maximum absolute atomic E-state index is 11.1. The minimum absolute atomic E-state index is 0.204. The Bertz CT molecular complexity index is 520. The fourth-order valence-electron chi connectivity index (χ4n) is 3.03. The fraction of sp³-hybridized carbons (Fsp3) is 0.471. The van der Waals surface area contributed by atoms with Crippen molar-refractivity contribution >= 4 is 17.9 Å². The number of nitrogens with zero attached hydrogens (tertiary/aromatic N) is 1. The normalized spacial score (nSPS) is 14.6. The zero-order chi connectivity index (χ0) is 13.8. The largest absolute Gasteiger partial charge is 0.345 e. The molecule has 102 valence electrons. The molecular formula is C17H23NO. The number of hydrogen-bond donors (Lipinski definition) is 0. The highest BCUT2D eigenvalue weighted by Crippen LogP contribution is 2.31. The van der Waals surface area contributed by atoms with E-state index in [0.29, 0.717) is 6.42 Å². The SMILES string of the molecule is C=Cc1c2c(n(CC)c1/C=C\CC(C)=O)CCCC2. The van der Waals surface area contributed by atoms with Crippen molar-refractivity contribution in [2.24, 2.45) is 0 Å². The van der Waals surface area contributed by atoms with Crippen molar-refractivity contribution in [1.82, 2.24) is 4.57 Å². The van der Waals surface area contributed by atoms with E-state index < -0.39 is 0 Å². The first-order valence-electron chi connectivity index (χ1n) is 7.21. The molecule has 2 nitrogen and oxygen atoms in total. The lowest BCUT2D eigenvalue weighted by atomic mass is 9.94. The minimum atomic E-state index is 0.204. The van der Waals surface area contributed by atoms with Gasteiger partial charge >= 0.3 is 0 Å². The third-order valence-corrected chi connectivity index (χ3v) is 3.86. The van der Waals surface area contributed by atoms with Crippen molar-refractivity contribution in [2.45, 2.75) is 52.5 Å². The number of carbonyl (C=O) groups excluding carboxylic acids is 1. The van der Waals surface area contributed by atoms with Gasteiger partial charge in [-0.3, -0.25) is 4.79 Å². The second-order valence-corrected chi connectivity index (χ2v) is 5.19. The molecule has 0 fully saturated rings. The smallest absolute Gasteiger partial charge is 0.133 e. The highest BCUT2D eigenvalue weighted by atomic mass is 16.1. The van der Waals surface area contributed by atoms with Crippen molar-refractivity contribution in [2.75, 3.05) is 0 Å². The average Bonchev–Trinajstić information content (AvgIpc) is 2.71. The molecule has 0 unspecified atom stereocenters. The van der Waals surface area contributed by atoms with Crippen LogP contribution in [0.1, 0.15) is 55.6 Å². The summed E-state index contributed by atoms with van der Waals surface area (Å²) < 4.78 is 2.39. The summed E-state index contributed by atoms with van der Waals surface area (Å²) in [6, 6.07) is 0. The molecule has 0 spiro atoms. The standard InChI is InChI=1S/C17H23NO/c1-4-14-15-10-6-7-11-17(15)18(5-2)16(14)12-8-9-13(3)19/h4,8,12H,1,5-7,9-11H2,2-3H3/b12-8-. The number of fused-ring (bicyclic) bond motifs is 1. The monoisotopic (exact) mass is 257 g/mol. The molecule has 1 heterocycles. The van der Waals surface area contributed by atoms with Gasteiger partial charge in [-0.2, -0.15) is 0 Å². The lowest BCUT2D eigenvalue weighted by Crippen LogP contribution is -2.08. The average molecular weight is 257 g/mol. The van der Waals surface area contributed by atoms with E-state index in [9.17, 15) is 4.79 Å². The van der Waals surface area contributed by atoms with Crippen molar-refractivity contribution in [3.05, 3.63) is 35.2 Å². The zero-order valence-electron chi connectivity index (χ0n) is 12.0. The number of carbonyl (C=O) groups is 1. The molecule has 1 aliphatic rings. The summed E-state index contributed by atoms with van der Waals surface area (Å²) in [5.74, 6) is 0.204. The molecule has 0 atom stereocenters. The van der Waals surface area contributed by atoms with E-state index in [1.807, 2.05) is 12.2 Å². The van der Waals surface area contributed by atoms with Gasteiger partial charge in [-0.1, -0.05) is 18.7 Å². The van der Waals surface area contributed by atoms with Gasteiger partial charge in [-0.05, 0) is 51.2 Å². The first-order valence-corrected chi connectivity index (χ1v) is 7.21. The Morgan fingerprint density at radius 1 is 1.37 bits per heavy atom. The van der Waals surface area contributed by atoms with Gasteiger partial charge in [0.2, 0.25) is 0 Å². The molecule has 0 aliphatic heterocycles. The van der Waals surface area contributed by atoms with Crippen LogP contribution in [0.3, 0.4) is 0 Å². The molecule has 0 saturated heterocycles. The predicted molar refractivity (Wildman–Crippen MR) is 81.2 cm³/mol. The number of aromatic nitrogens is 1. The van der Waals surface area contributed by atoms with Crippen molar-refractivity contribution in [3.63, 3.8) is 0 Å². The number of ketones is 1. The van der Waals surface area contributed by atoms with Crippen LogP contribution >= 0.6 is 0 Å². The fourth-order valence-corrected chi connectivity index (χ4v) is 3.03. The van der Waals surface area contributed by atoms with Gasteiger partial charge in [0.05, 0.1) is 0 Å². The van der Waals surface area contributed by atoms with Crippen molar-refractivity contribution in [1.29, 1.82) is 0 Å². The summed E-state index contributed by atoms with van der Waals surface area (Å²) in [5, 5.41) is 0. The lowest BCUT2D eigenvalue weighted by molar-refractivity contribution is -0.116. The lowest BCUT2D eigenvalue weighted by Gasteiger charge is -2.15. The molecule has 0 bridgehead atoms. The number of rotatable bonds is 5. The van der Waals surface area contributed by atoms with E-state index in [-0.39, 0.29) is 5.78 Å². The van der Waals surface area contributed by atoms with Crippen molar-refractivity contribution < 1.29 is 4.79 Å². The maximum atomic E-state index is 11.1. The van der Waals surface area contributed by atoms with Gasteiger partial charge in [0, 0.05) is 29.9 Å². The van der Waals surface area contributed by atoms with Crippen LogP contribution in [0.5, 0.6) is 0 Å². The van der Waals surface area contributed by atoms with Crippen LogP contribution in [0.2, 0.25) is 0 Å². The first kappa shape index (κ1) is 13.9. The summed E-state index contributed by atoms with van der Waals surface area (Å²) in [4.78, 5) is 11.1. The summed E-state index contributed by atoms with van der Waals surface area (Å²) in [7, 11) is 0. The number of hydrogen-bond acceptors (Lipinski definition) is 1. The summed E-state index contributed by atoms with van der Waals surface area (Å²) >= 11 is 0. The van der Waals surface area contributed by atoms with Crippen molar-refractivity contribution in [3.8, 4) is 0 Å². The number of allylic oxidation sites excluding steroid dienone is 1. The van der Waals surface area contributed by atoms with E-state index in [4.69, 9.17) is 0 Å². The van der Waals surface area contributed by atoms with Crippen LogP contribution in [0, 0.1) is 0 Å². The van der Waals surface area contributed by atoms with Gasteiger partial charge in [0.25, 0.3) is 0 Å². The zero-order valence-corrected chi connectivity index (χ0v) is 12.0. The molecule has 0 amide bonds. The Morgan fingerprint density at radius 3 is 2.74 bits per heavy atom. The van der Waals surface area contributed by atoms with Crippen LogP contribution in [0.4, 0.5) is 0 Å². The summed E-state index contributed by atoms with van der Waals surface area (Å²) in [6.45, 7) is 8.77. The quantitative estimate of drug-likeness (QED) is 0.780. The highest BCUT2D eigenvalue weighted by Gasteiger charge is 2.20. The summed E-state index contributed by atoms with van der Waals surface area (Å²) in [5.41, 5.74) is 5.46. The molecular weight excluding hydrogens is 234 g/mol. The molecule has 1 aromatic heterocycles. The molecule has 2 heteroatoms. The van der Waals surface area contributed by atoms with E-state index in [2.05, 4.69) is 24.1 Å². The van der Waals surface area contributed by atoms with Crippen LogP contribution in [-0.4, -0.2) is 10.4 Å². The Kier molecular flexibility index (Phi) is 4.41. The third kappa shape index (κ3) is 2.73. The van der Waals surface area contributed by atoms with Crippen LogP contribution in [0.15, 0.2) is 12.7 Å². The van der Waals surface area contributed by atoms with E-state index in [1.165, 1.54) is 41.8 Å². The molecule has 0 saturated carbocycles. The minimum Gasteiger partial charge on any atom is -0.345 e. The third-order valence-electron chi connectivity index (χ3n) is 3.86. The van der Waals surface area contributed by atoms with Crippen LogP contribution < -0.4 is 0 Å². The molecule has 1 aliphatic carbocycles. The summed E-state index contributed by atoms with van der Waals surface area (Å²) in [6.07, 6.45) is 11.5. The topological polar surface area (TPSA) is 22.0 Å². The van der Waals surface area contributed by atoms with Gasteiger partial charge < -0.3 is 4.57 Å². The van der Waals surface area contributed by atoms with Crippen LogP contribution in [0.25, 0.3) is 12.2 Å². The van der Waals surface area contributed by atoms with Gasteiger partial charge in [-0.15, -0.1) is 0 Å². The molecule has 0 radical (unpaired) electrons. The Morgan fingerprint density at radius 2 is 2.11 bits per heavy atom. The maximum Gasteiger partial charge on any atom is 0.133 e. The second kappa shape index (κ2) is 6.05. The van der Waals surface area contributed by atoms with Gasteiger partial charge in [0.1, 0.15) is 5.78 Å². The predicted octanol–water partition coefficient (Wildman–Crippen LogP) is 4.02. The first-order chi connectivity index (χ1) is 9.19. The molecule has 2 rings (SSSR count). The Hall–Kier alpha value is -1.57. The Labute approximate surface area is 115 Å². The Balaban J connectivity index is 2.45. The molecule has 1 aromatic rings. The van der Waals surface area contributed by atoms with E-state index >= 15 is 0 Å². The van der Waals surface area contributed by atoms with E-state index in [1.54, 1.807) is 6.92 Å². The van der Waals surface area contributed by atoms with Gasteiger partial charge in [0.15, 0.2) is 0 Å². The second-order valence-electron chi connectivity index (χ2n) is 5.19. The van der Waals surface area contributed by atoms with E-state index in [0.717, 1.165) is 13.0 Å². The highest BCUT2D eigenvalue weighted by molar-refractivity contribution is 5.78. The van der Waals surface area contributed by atoms with Crippen LogP contribution in [-0.2, 0) is 24.2 Å². The molecule has 0 aromatic carbocycles.